The van der Waals surface area contributed by atoms with Crippen LogP contribution in [0, 0.1) is 6.92 Å². The molecule has 2 amide bonds. The summed E-state index contributed by atoms with van der Waals surface area (Å²) in [5, 5.41) is 9.13. The summed E-state index contributed by atoms with van der Waals surface area (Å²) in [5.41, 5.74) is 1.69. The van der Waals surface area contributed by atoms with Gasteiger partial charge in [0, 0.05) is 31.8 Å². The number of aromatic nitrogens is 1. The number of ether oxygens (including phenoxy) is 1. The molecule has 0 bridgehead atoms. The first-order chi connectivity index (χ1) is 11.1. The predicted octanol–water partition coefficient (Wildman–Crippen LogP) is 1.29. The van der Waals surface area contributed by atoms with Crippen molar-refractivity contribution in [2.75, 3.05) is 20.3 Å². The van der Waals surface area contributed by atoms with Crippen molar-refractivity contribution in [3.05, 3.63) is 52.9 Å². The number of benzene rings is 1. The number of carbonyl (C=O) groups excluding carboxylic acids is 2. The summed E-state index contributed by atoms with van der Waals surface area (Å²) in [4.78, 5) is 23.7. The molecule has 0 radical (unpaired) electrons. The van der Waals surface area contributed by atoms with E-state index in [9.17, 15) is 9.59 Å². The van der Waals surface area contributed by atoms with Crippen molar-refractivity contribution < 1.29 is 18.8 Å². The van der Waals surface area contributed by atoms with Crippen LogP contribution in [0.4, 0.5) is 0 Å². The van der Waals surface area contributed by atoms with Crippen molar-refractivity contribution in [1.82, 2.24) is 15.8 Å². The average Bonchev–Trinajstić information content (AvgIpc) is 3.00. The average molecular weight is 317 g/mol. The lowest BCUT2D eigenvalue weighted by atomic mass is 10.1. The first-order valence-electron chi connectivity index (χ1n) is 7.17. The SMILES string of the molecule is COCCNC(=O)c1ccc(CNC(=O)c2cc(C)on2)cc1. The Bertz CT molecular complexity index is 664. The lowest BCUT2D eigenvalue weighted by Gasteiger charge is -2.06. The minimum Gasteiger partial charge on any atom is -0.383 e. The van der Waals surface area contributed by atoms with Crippen LogP contribution in [0.25, 0.3) is 0 Å². The summed E-state index contributed by atoms with van der Waals surface area (Å²) in [6, 6.07) is 8.58. The third-order valence-corrected chi connectivity index (χ3v) is 3.12. The lowest BCUT2D eigenvalue weighted by Crippen LogP contribution is -2.27. The molecule has 0 aliphatic carbocycles. The molecule has 7 heteroatoms. The highest BCUT2D eigenvalue weighted by Crippen LogP contribution is 2.06. The van der Waals surface area contributed by atoms with E-state index in [0.717, 1.165) is 5.56 Å². The quantitative estimate of drug-likeness (QED) is 0.751. The second kappa shape index (κ2) is 8.09. The summed E-state index contributed by atoms with van der Waals surface area (Å²) in [6.07, 6.45) is 0. The van der Waals surface area contributed by atoms with Crippen LogP contribution in [0.2, 0.25) is 0 Å². The number of methoxy groups -OCH3 is 1. The maximum Gasteiger partial charge on any atom is 0.273 e. The summed E-state index contributed by atoms with van der Waals surface area (Å²) in [7, 11) is 1.58. The number of hydrogen-bond donors (Lipinski definition) is 2. The van der Waals surface area contributed by atoms with Crippen molar-refractivity contribution in [2.24, 2.45) is 0 Å². The van der Waals surface area contributed by atoms with Gasteiger partial charge in [-0.2, -0.15) is 0 Å². The molecular formula is C16H19N3O4. The van der Waals surface area contributed by atoms with Gasteiger partial charge in [0.25, 0.3) is 11.8 Å². The Kier molecular flexibility index (Phi) is 5.87. The Morgan fingerprint density at radius 3 is 2.52 bits per heavy atom. The first-order valence-corrected chi connectivity index (χ1v) is 7.17. The molecule has 23 heavy (non-hydrogen) atoms. The van der Waals surface area contributed by atoms with Crippen LogP contribution in [0.1, 0.15) is 32.2 Å². The van der Waals surface area contributed by atoms with Gasteiger partial charge in [0.1, 0.15) is 5.76 Å². The molecule has 0 saturated carbocycles. The van der Waals surface area contributed by atoms with E-state index in [1.165, 1.54) is 0 Å². The van der Waals surface area contributed by atoms with Gasteiger partial charge in [-0.15, -0.1) is 0 Å². The van der Waals surface area contributed by atoms with Crippen molar-refractivity contribution >= 4 is 11.8 Å². The Morgan fingerprint density at radius 1 is 1.17 bits per heavy atom. The van der Waals surface area contributed by atoms with E-state index in [1.807, 2.05) is 0 Å². The molecule has 7 nitrogen and oxygen atoms in total. The van der Waals surface area contributed by atoms with Crippen LogP contribution in [-0.4, -0.2) is 37.2 Å². The summed E-state index contributed by atoms with van der Waals surface area (Å²) in [6.45, 7) is 3.00. The van der Waals surface area contributed by atoms with Gasteiger partial charge in [0.2, 0.25) is 0 Å². The number of hydrogen-bond acceptors (Lipinski definition) is 5. The third-order valence-electron chi connectivity index (χ3n) is 3.12. The largest absolute Gasteiger partial charge is 0.383 e. The van der Waals surface area contributed by atoms with E-state index < -0.39 is 0 Å². The minimum absolute atomic E-state index is 0.157. The number of amides is 2. The summed E-state index contributed by atoms with van der Waals surface area (Å²) in [5.74, 6) is 0.123. The van der Waals surface area contributed by atoms with Gasteiger partial charge in [-0.05, 0) is 24.6 Å². The van der Waals surface area contributed by atoms with Crippen LogP contribution in [0.3, 0.4) is 0 Å². The van der Waals surface area contributed by atoms with Gasteiger partial charge < -0.3 is 19.9 Å². The zero-order valence-corrected chi connectivity index (χ0v) is 13.1. The molecule has 0 aliphatic heterocycles. The van der Waals surface area contributed by atoms with Gasteiger partial charge in [-0.3, -0.25) is 9.59 Å². The fourth-order valence-electron chi connectivity index (χ4n) is 1.89. The summed E-state index contributed by atoms with van der Waals surface area (Å²) < 4.78 is 9.73. The molecule has 1 aromatic heterocycles. The van der Waals surface area contributed by atoms with Crippen LogP contribution in [0.5, 0.6) is 0 Å². The molecule has 2 aromatic rings. The summed E-state index contributed by atoms with van der Waals surface area (Å²) >= 11 is 0. The van der Waals surface area contributed by atoms with Crippen LogP contribution in [-0.2, 0) is 11.3 Å². The van der Waals surface area contributed by atoms with Crippen molar-refractivity contribution in [2.45, 2.75) is 13.5 Å². The Hall–Kier alpha value is -2.67. The molecule has 0 unspecified atom stereocenters. The first kappa shape index (κ1) is 16.7. The second-order valence-electron chi connectivity index (χ2n) is 4.95. The maximum atomic E-state index is 11.8. The highest BCUT2D eigenvalue weighted by atomic mass is 16.5. The van der Waals surface area contributed by atoms with E-state index >= 15 is 0 Å². The predicted molar refractivity (Wildman–Crippen MR) is 83.1 cm³/mol. The molecular weight excluding hydrogens is 298 g/mol. The normalized spacial score (nSPS) is 10.3. The number of rotatable bonds is 7. The Morgan fingerprint density at radius 2 is 1.91 bits per heavy atom. The Balaban J connectivity index is 1.85. The molecule has 2 rings (SSSR count). The fourth-order valence-corrected chi connectivity index (χ4v) is 1.89. The van der Waals surface area contributed by atoms with Crippen molar-refractivity contribution in [3.8, 4) is 0 Å². The molecule has 1 aromatic carbocycles. The van der Waals surface area contributed by atoms with Crippen LogP contribution >= 0.6 is 0 Å². The smallest absolute Gasteiger partial charge is 0.273 e. The van der Waals surface area contributed by atoms with E-state index in [-0.39, 0.29) is 17.5 Å². The van der Waals surface area contributed by atoms with E-state index in [4.69, 9.17) is 9.26 Å². The third kappa shape index (κ3) is 4.93. The van der Waals surface area contributed by atoms with Gasteiger partial charge in [-0.1, -0.05) is 17.3 Å². The zero-order valence-electron chi connectivity index (χ0n) is 13.1. The van der Waals surface area contributed by atoms with Crippen LogP contribution in [0.15, 0.2) is 34.9 Å². The molecule has 122 valence electrons. The van der Waals surface area contributed by atoms with Gasteiger partial charge in [-0.25, -0.2) is 0 Å². The molecule has 2 N–H and O–H groups in total. The van der Waals surface area contributed by atoms with Gasteiger partial charge in [0.05, 0.1) is 6.61 Å². The van der Waals surface area contributed by atoms with Gasteiger partial charge >= 0.3 is 0 Å². The molecule has 0 saturated heterocycles. The number of nitrogens with one attached hydrogen (secondary N) is 2. The molecule has 1 heterocycles. The Labute approximate surface area is 134 Å². The monoisotopic (exact) mass is 317 g/mol. The minimum atomic E-state index is -0.303. The molecule has 0 spiro atoms. The molecule has 0 aliphatic rings. The van der Waals surface area contributed by atoms with Gasteiger partial charge in [0.15, 0.2) is 5.69 Å². The second-order valence-corrected chi connectivity index (χ2v) is 4.95. The molecule has 0 fully saturated rings. The fraction of sp³-hybridized carbons (Fsp3) is 0.312. The number of nitrogens with zero attached hydrogens (tertiary/aromatic N) is 1. The highest BCUT2D eigenvalue weighted by molar-refractivity contribution is 5.94. The zero-order chi connectivity index (χ0) is 16.7. The van der Waals surface area contributed by atoms with Crippen LogP contribution < -0.4 is 10.6 Å². The van der Waals surface area contributed by atoms with E-state index in [2.05, 4.69) is 15.8 Å². The van der Waals surface area contributed by atoms with E-state index in [1.54, 1.807) is 44.4 Å². The topological polar surface area (TPSA) is 93.5 Å². The lowest BCUT2D eigenvalue weighted by molar-refractivity contribution is 0.0930. The molecule has 0 atom stereocenters. The number of aryl methyl sites for hydroxylation is 1. The standard InChI is InChI=1S/C16H19N3O4/c1-11-9-14(19-23-11)16(21)18-10-12-3-5-13(6-4-12)15(20)17-7-8-22-2/h3-6,9H,7-8,10H2,1-2H3,(H,17,20)(H,18,21). The number of carbonyl (C=O) groups is 2. The van der Waals surface area contributed by atoms with E-state index in [0.29, 0.717) is 31.0 Å². The highest BCUT2D eigenvalue weighted by Gasteiger charge is 2.10. The van der Waals surface area contributed by atoms with Crippen molar-refractivity contribution in [1.29, 1.82) is 0 Å². The van der Waals surface area contributed by atoms with Crippen molar-refractivity contribution in [3.63, 3.8) is 0 Å². The maximum absolute atomic E-state index is 11.8.